The number of aromatic amines is 1. The largest absolute Gasteiger partial charge is 0.476 e. The van der Waals surface area contributed by atoms with Crippen LogP contribution in [0.25, 0.3) is 0 Å². The van der Waals surface area contributed by atoms with E-state index in [1.807, 2.05) is 0 Å². The van der Waals surface area contributed by atoms with Crippen LogP contribution in [0.1, 0.15) is 35.6 Å². The zero-order valence-electron chi connectivity index (χ0n) is 8.22. The normalized spacial score (nSPS) is 19.0. The van der Waals surface area contributed by atoms with E-state index < -0.39 is 5.97 Å². The average Bonchev–Trinajstić information content (AvgIpc) is 2.48. The van der Waals surface area contributed by atoms with Gasteiger partial charge >= 0.3 is 5.97 Å². The molecular formula is C9H13N3O2. The fraction of sp³-hybridized carbons (Fsp3) is 0.556. The molecule has 0 fully saturated rings. The molecule has 0 atom stereocenters. The van der Waals surface area contributed by atoms with Gasteiger partial charge in [0.2, 0.25) is 0 Å². The summed E-state index contributed by atoms with van der Waals surface area (Å²) >= 11 is 0. The number of H-pyrrole nitrogens is 1. The van der Waals surface area contributed by atoms with Gasteiger partial charge in [0.25, 0.3) is 0 Å². The van der Waals surface area contributed by atoms with Gasteiger partial charge in [0, 0.05) is 29.8 Å². The van der Waals surface area contributed by atoms with Crippen LogP contribution in [0.3, 0.4) is 0 Å². The summed E-state index contributed by atoms with van der Waals surface area (Å²) in [6, 6.07) is 0. The van der Waals surface area contributed by atoms with Crippen molar-refractivity contribution in [3.8, 4) is 0 Å². The lowest BCUT2D eigenvalue weighted by molar-refractivity contribution is 0.0689. The van der Waals surface area contributed by atoms with Gasteiger partial charge in [-0.3, -0.25) is 5.10 Å². The molecule has 0 bridgehead atoms. The summed E-state index contributed by atoms with van der Waals surface area (Å²) in [5.41, 5.74) is 1.79. The molecule has 5 nitrogen and oxygen atoms in total. The number of carboxylic acid groups (broad SMARTS) is 1. The van der Waals surface area contributed by atoms with E-state index in [1.165, 1.54) is 0 Å². The number of aromatic nitrogens is 2. The average molecular weight is 195 g/mol. The second-order valence-electron chi connectivity index (χ2n) is 4.22. The minimum atomic E-state index is -0.970. The topological polar surface area (TPSA) is 78.0 Å². The van der Waals surface area contributed by atoms with Crippen molar-refractivity contribution in [2.24, 2.45) is 0 Å². The standard InChI is InChI=1S/C9H13N3O2/c1-9(2)4-10-3-5-6(8(13)14)11-12-7(5)9/h10H,3-4H2,1-2H3,(H,11,12)(H,13,14). The van der Waals surface area contributed by atoms with Crippen LogP contribution in [0.2, 0.25) is 0 Å². The third kappa shape index (κ3) is 1.21. The van der Waals surface area contributed by atoms with Crippen LogP contribution in [-0.4, -0.2) is 27.8 Å². The lowest BCUT2D eigenvalue weighted by Gasteiger charge is -2.29. The Kier molecular flexibility index (Phi) is 1.85. The highest BCUT2D eigenvalue weighted by Crippen LogP contribution is 2.29. The van der Waals surface area contributed by atoms with E-state index in [0.717, 1.165) is 17.8 Å². The summed E-state index contributed by atoms with van der Waals surface area (Å²) in [4.78, 5) is 10.8. The maximum atomic E-state index is 10.8. The molecule has 5 heteroatoms. The Balaban J connectivity index is 2.53. The number of carboxylic acids is 1. The van der Waals surface area contributed by atoms with E-state index in [-0.39, 0.29) is 11.1 Å². The first-order chi connectivity index (χ1) is 6.52. The van der Waals surface area contributed by atoms with Crippen molar-refractivity contribution >= 4 is 5.97 Å². The predicted molar refractivity (Wildman–Crippen MR) is 50.3 cm³/mol. The molecule has 0 aliphatic carbocycles. The van der Waals surface area contributed by atoms with Gasteiger partial charge in [0.05, 0.1) is 0 Å². The molecule has 0 aromatic carbocycles. The van der Waals surface area contributed by atoms with Gasteiger partial charge in [0.1, 0.15) is 0 Å². The second-order valence-corrected chi connectivity index (χ2v) is 4.22. The molecule has 2 heterocycles. The third-order valence-corrected chi connectivity index (χ3v) is 2.62. The van der Waals surface area contributed by atoms with E-state index in [0.29, 0.717) is 6.54 Å². The molecule has 2 rings (SSSR count). The van der Waals surface area contributed by atoms with Crippen molar-refractivity contribution in [1.82, 2.24) is 15.5 Å². The Morgan fingerprint density at radius 1 is 1.57 bits per heavy atom. The maximum absolute atomic E-state index is 10.8. The molecule has 0 spiro atoms. The fourth-order valence-corrected chi connectivity index (χ4v) is 1.86. The van der Waals surface area contributed by atoms with Gasteiger partial charge < -0.3 is 10.4 Å². The van der Waals surface area contributed by atoms with Crippen LogP contribution in [0, 0.1) is 0 Å². The highest BCUT2D eigenvalue weighted by atomic mass is 16.4. The molecule has 0 radical (unpaired) electrons. The minimum Gasteiger partial charge on any atom is -0.476 e. The molecular weight excluding hydrogens is 182 g/mol. The summed E-state index contributed by atoms with van der Waals surface area (Å²) in [5, 5.41) is 18.7. The molecule has 0 amide bonds. The van der Waals surface area contributed by atoms with Crippen molar-refractivity contribution in [3.05, 3.63) is 17.0 Å². The Hall–Kier alpha value is -1.36. The summed E-state index contributed by atoms with van der Waals surface area (Å²) in [6.07, 6.45) is 0. The number of carbonyl (C=O) groups is 1. The molecule has 76 valence electrons. The molecule has 3 N–H and O–H groups in total. The first-order valence-electron chi connectivity index (χ1n) is 4.54. The van der Waals surface area contributed by atoms with Gasteiger partial charge in [-0.15, -0.1) is 0 Å². The number of nitrogens with one attached hydrogen (secondary N) is 2. The smallest absolute Gasteiger partial charge is 0.356 e. The number of aromatic carboxylic acids is 1. The van der Waals surface area contributed by atoms with Gasteiger partial charge in [-0.05, 0) is 0 Å². The summed E-state index contributed by atoms with van der Waals surface area (Å²) in [5.74, 6) is -0.970. The van der Waals surface area contributed by atoms with Gasteiger partial charge in [0.15, 0.2) is 5.69 Å². The Morgan fingerprint density at radius 2 is 2.29 bits per heavy atom. The summed E-state index contributed by atoms with van der Waals surface area (Å²) in [6.45, 7) is 5.53. The number of fused-ring (bicyclic) bond motifs is 1. The molecule has 0 saturated carbocycles. The highest BCUT2D eigenvalue weighted by Gasteiger charge is 2.32. The van der Waals surface area contributed by atoms with Crippen molar-refractivity contribution in [1.29, 1.82) is 0 Å². The van der Waals surface area contributed by atoms with E-state index >= 15 is 0 Å². The monoisotopic (exact) mass is 195 g/mol. The first-order valence-corrected chi connectivity index (χ1v) is 4.54. The number of hydrogen-bond donors (Lipinski definition) is 3. The van der Waals surface area contributed by atoms with Crippen LogP contribution in [0.4, 0.5) is 0 Å². The van der Waals surface area contributed by atoms with Crippen LogP contribution >= 0.6 is 0 Å². The van der Waals surface area contributed by atoms with E-state index in [9.17, 15) is 4.79 Å². The molecule has 0 unspecified atom stereocenters. The zero-order chi connectivity index (χ0) is 10.3. The zero-order valence-corrected chi connectivity index (χ0v) is 8.22. The van der Waals surface area contributed by atoms with Crippen LogP contribution in [0.15, 0.2) is 0 Å². The van der Waals surface area contributed by atoms with Crippen LogP contribution in [0.5, 0.6) is 0 Å². The van der Waals surface area contributed by atoms with E-state index in [2.05, 4.69) is 29.4 Å². The predicted octanol–water partition coefficient (Wildman–Crippen LogP) is 0.489. The van der Waals surface area contributed by atoms with Crippen molar-refractivity contribution in [2.75, 3.05) is 6.54 Å². The third-order valence-electron chi connectivity index (χ3n) is 2.62. The molecule has 1 aliphatic rings. The lowest BCUT2D eigenvalue weighted by Crippen LogP contribution is -2.39. The minimum absolute atomic E-state index is 0.0751. The van der Waals surface area contributed by atoms with Gasteiger partial charge in [-0.2, -0.15) is 5.10 Å². The van der Waals surface area contributed by atoms with Crippen LogP contribution in [-0.2, 0) is 12.0 Å². The number of nitrogens with zero attached hydrogens (tertiary/aromatic N) is 1. The van der Waals surface area contributed by atoms with Crippen molar-refractivity contribution in [2.45, 2.75) is 25.8 Å². The first kappa shape index (κ1) is 9.21. The number of hydrogen-bond acceptors (Lipinski definition) is 3. The van der Waals surface area contributed by atoms with Crippen LogP contribution < -0.4 is 5.32 Å². The van der Waals surface area contributed by atoms with Crippen molar-refractivity contribution < 1.29 is 9.90 Å². The molecule has 1 aromatic heterocycles. The summed E-state index contributed by atoms with van der Waals surface area (Å²) < 4.78 is 0. The Bertz CT molecular complexity index is 381. The number of rotatable bonds is 1. The SMILES string of the molecule is CC1(C)CNCc2c(C(=O)O)n[nH]c21. The molecule has 1 aliphatic heterocycles. The second kappa shape index (κ2) is 2.81. The summed E-state index contributed by atoms with van der Waals surface area (Å²) in [7, 11) is 0. The molecule has 14 heavy (non-hydrogen) atoms. The maximum Gasteiger partial charge on any atom is 0.356 e. The molecule has 0 saturated heterocycles. The van der Waals surface area contributed by atoms with Gasteiger partial charge in [-0.1, -0.05) is 13.8 Å². The Morgan fingerprint density at radius 3 is 2.93 bits per heavy atom. The fourth-order valence-electron chi connectivity index (χ4n) is 1.86. The van der Waals surface area contributed by atoms with Crippen molar-refractivity contribution in [3.63, 3.8) is 0 Å². The van der Waals surface area contributed by atoms with E-state index in [4.69, 9.17) is 5.11 Å². The quantitative estimate of drug-likeness (QED) is 0.609. The van der Waals surface area contributed by atoms with E-state index in [1.54, 1.807) is 0 Å². The lowest BCUT2D eigenvalue weighted by atomic mass is 9.83. The molecule has 1 aromatic rings. The Labute approximate surface area is 81.5 Å². The van der Waals surface area contributed by atoms with Gasteiger partial charge in [-0.25, -0.2) is 4.79 Å². The highest BCUT2D eigenvalue weighted by molar-refractivity contribution is 5.87.